The van der Waals surface area contributed by atoms with E-state index in [1.807, 2.05) is 89.2 Å². The Labute approximate surface area is 252 Å². The van der Waals surface area contributed by atoms with Crippen molar-refractivity contribution < 1.29 is 0 Å². The fourth-order valence-electron chi connectivity index (χ4n) is 3.55. The Bertz CT molecular complexity index is 998. The standard InChI is InChI=1S/C8H12N2.C8H11N.C7H10N2.C6H9N3.4CH4/c1-5-6(2)10-8(4)7(3)9-5;1-6-4-7(2)9-8(3)5-6;1-5-4-6(2)9-7(3)8-5;1-4-7-5(2)9-6(3)8-4;;;;/h1-4H3;4-5H,1-3H3;4H,1-3H3;1-3H3;4*1H4. The maximum Gasteiger partial charge on any atom is 0.129 e. The lowest BCUT2D eigenvalue weighted by molar-refractivity contribution is 0.875. The molecule has 8 heteroatoms. The smallest absolute Gasteiger partial charge is 0.129 e. The average Bonchev–Trinajstić information content (AvgIpc) is 2.71. The Morgan fingerprint density at radius 2 is 0.537 bits per heavy atom. The van der Waals surface area contributed by atoms with Gasteiger partial charge in [0.05, 0.1) is 22.8 Å². The Morgan fingerprint density at radius 3 is 0.780 bits per heavy atom. The number of aromatic nitrogens is 8. The Kier molecular flexibility index (Phi) is 22.8. The lowest BCUT2D eigenvalue weighted by atomic mass is 10.2. The number of aryl methyl sites for hydroxylation is 13. The molecule has 41 heavy (non-hydrogen) atoms. The summed E-state index contributed by atoms with van der Waals surface area (Å²) in [5, 5.41) is 0. The first-order valence-corrected chi connectivity index (χ1v) is 12.3. The molecule has 0 aromatic carbocycles. The lowest BCUT2D eigenvalue weighted by Gasteiger charge is -2.01. The van der Waals surface area contributed by atoms with Crippen LogP contribution in [-0.4, -0.2) is 39.9 Å². The summed E-state index contributed by atoms with van der Waals surface area (Å²) in [6.45, 7) is 25.5. The van der Waals surface area contributed by atoms with E-state index in [9.17, 15) is 0 Å². The monoisotopic (exact) mass is 566 g/mol. The Balaban J connectivity index is -0.000000216. The summed E-state index contributed by atoms with van der Waals surface area (Å²) in [7, 11) is 0. The molecular weight excluding hydrogens is 508 g/mol. The molecule has 4 rings (SSSR count). The quantitative estimate of drug-likeness (QED) is 0.209. The summed E-state index contributed by atoms with van der Waals surface area (Å²) < 4.78 is 0. The van der Waals surface area contributed by atoms with Crippen molar-refractivity contribution in [2.75, 3.05) is 0 Å². The lowest BCUT2D eigenvalue weighted by Crippen LogP contribution is -1.97. The van der Waals surface area contributed by atoms with Crippen LogP contribution in [0.4, 0.5) is 0 Å². The van der Waals surface area contributed by atoms with Crippen LogP contribution in [0.2, 0.25) is 0 Å². The van der Waals surface area contributed by atoms with Crippen LogP contribution in [0.15, 0.2) is 18.2 Å². The van der Waals surface area contributed by atoms with Gasteiger partial charge in [0.1, 0.15) is 23.3 Å². The third kappa shape index (κ3) is 18.3. The van der Waals surface area contributed by atoms with Crippen LogP contribution in [0.1, 0.15) is 104 Å². The molecule has 230 valence electrons. The molecule has 0 saturated carbocycles. The van der Waals surface area contributed by atoms with Gasteiger partial charge < -0.3 is 0 Å². The van der Waals surface area contributed by atoms with Crippen molar-refractivity contribution in [1.82, 2.24) is 39.9 Å². The van der Waals surface area contributed by atoms with E-state index in [2.05, 4.69) is 58.9 Å². The van der Waals surface area contributed by atoms with Crippen molar-refractivity contribution >= 4 is 0 Å². The second kappa shape index (κ2) is 21.1. The number of hydrogen-bond donors (Lipinski definition) is 0. The number of nitrogens with zero attached hydrogens (tertiary/aromatic N) is 8. The third-order valence-electron chi connectivity index (χ3n) is 5.01. The van der Waals surface area contributed by atoms with Crippen LogP contribution in [0.3, 0.4) is 0 Å². The molecule has 0 aliphatic heterocycles. The highest BCUT2D eigenvalue weighted by Crippen LogP contribution is 2.04. The average molecular weight is 567 g/mol. The molecule has 0 amide bonds. The molecule has 0 N–H and O–H groups in total. The number of pyridine rings is 1. The number of hydrogen-bond acceptors (Lipinski definition) is 8. The highest BCUT2D eigenvalue weighted by Gasteiger charge is 1.98. The highest BCUT2D eigenvalue weighted by atomic mass is 15.0. The predicted octanol–water partition coefficient (Wildman–Crippen LogP) is 8.46. The number of rotatable bonds is 0. The van der Waals surface area contributed by atoms with Crippen molar-refractivity contribution in [2.45, 2.75) is 120 Å². The van der Waals surface area contributed by atoms with Crippen molar-refractivity contribution in [2.24, 2.45) is 0 Å². The van der Waals surface area contributed by atoms with E-state index in [1.54, 1.807) is 0 Å². The van der Waals surface area contributed by atoms with Gasteiger partial charge >= 0.3 is 0 Å². The summed E-state index contributed by atoms with van der Waals surface area (Å²) in [5.41, 5.74) is 9.71. The van der Waals surface area contributed by atoms with Crippen molar-refractivity contribution in [1.29, 1.82) is 0 Å². The van der Waals surface area contributed by atoms with Gasteiger partial charge in [0, 0.05) is 22.8 Å². The van der Waals surface area contributed by atoms with Gasteiger partial charge in [-0.2, -0.15) is 0 Å². The van der Waals surface area contributed by atoms with Crippen LogP contribution >= 0.6 is 0 Å². The van der Waals surface area contributed by atoms with Crippen LogP contribution in [0, 0.1) is 90.0 Å². The second-order valence-electron chi connectivity index (χ2n) is 9.17. The fraction of sp³-hybridized carbons (Fsp3) is 0.515. The van der Waals surface area contributed by atoms with Crippen molar-refractivity contribution in [3.63, 3.8) is 0 Å². The van der Waals surface area contributed by atoms with Gasteiger partial charge in [-0.15, -0.1) is 0 Å². The summed E-state index contributed by atoms with van der Waals surface area (Å²) in [4.78, 5) is 33.1. The highest BCUT2D eigenvalue weighted by molar-refractivity contribution is 5.18. The first kappa shape index (κ1) is 44.3. The zero-order valence-electron chi connectivity index (χ0n) is 24.8. The van der Waals surface area contributed by atoms with E-state index in [4.69, 9.17) is 0 Å². The molecule has 0 aliphatic carbocycles. The second-order valence-corrected chi connectivity index (χ2v) is 9.17. The maximum absolute atomic E-state index is 4.31. The molecule has 0 atom stereocenters. The Hall–Kier alpha value is -3.68. The summed E-state index contributed by atoms with van der Waals surface area (Å²) in [6, 6.07) is 6.12. The molecule has 0 fully saturated rings. The molecule has 0 aliphatic rings. The fourth-order valence-corrected chi connectivity index (χ4v) is 3.55. The van der Waals surface area contributed by atoms with E-state index in [0.717, 1.165) is 68.8 Å². The molecule has 4 aromatic rings. The third-order valence-corrected chi connectivity index (χ3v) is 5.01. The topological polar surface area (TPSA) is 103 Å². The van der Waals surface area contributed by atoms with Crippen LogP contribution in [0.25, 0.3) is 0 Å². The molecule has 0 spiro atoms. The molecule has 0 radical (unpaired) electrons. The van der Waals surface area contributed by atoms with E-state index in [0.29, 0.717) is 0 Å². The van der Waals surface area contributed by atoms with E-state index in [1.165, 1.54) is 5.56 Å². The largest absolute Gasteiger partial charge is 0.258 e. The minimum Gasteiger partial charge on any atom is -0.258 e. The SMILES string of the molecule is C.C.C.C.Cc1cc(C)nc(C)c1.Cc1cc(C)nc(C)n1.Cc1nc(C)c(C)nc1C.Cc1nc(C)nc(C)n1. The van der Waals surface area contributed by atoms with E-state index < -0.39 is 0 Å². The van der Waals surface area contributed by atoms with Crippen LogP contribution in [-0.2, 0) is 0 Å². The minimum atomic E-state index is 0. The minimum absolute atomic E-state index is 0. The normalized spacial score (nSPS) is 8.80. The van der Waals surface area contributed by atoms with Crippen molar-refractivity contribution in [3.8, 4) is 0 Å². The van der Waals surface area contributed by atoms with Gasteiger partial charge in [-0.1, -0.05) is 29.7 Å². The first-order valence-electron chi connectivity index (χ1n) is 12.3. The summed E-state index contributed by atoms with van der Waals surface area (Å²) in [5.74, 6) is 3.23. The molecule has 0 bridgehead atoms. The molecule has 0 saturated heterocycles. The molecular formula is C33H58N8. The summed E-state index contributed by atoms with van der Waals surface area (Å²) >= 11 is 0. The van der Waals surface area contributed by atoms with Crippen molar-refractivity contribution in [3.05, 3.63) is 92.6 Å². The van der Waals surface area contributed by atoms with Gasteiger partial charge in [-0.25, -0.2) is 24.9 Å². The van der Waals surface area contributed by atoms with E-state index >= 15 is 0 Å². The molecule has 4 aromatic heterocycles. The Morgan fingerprint density at radius 1 is 0.293 bits per heavy atom. The van der Waals surface area contributed by atoms with Gasteiger partial charge in [-0.05, 0) is 114 Å². The van der Waals surface area contributed by atoms with Crippen LogP contribution < -0.4 is 0 Å². The zero-order valence-corrected chi connectivity index (χ0v) is 24.8. The first-order chi connectivity index (χ1) is 17.2. The van der Waals surface area contributed by atoms with Gasteiger partial charge in [0.2, 0.25) is 0 Å². The zero-order chi connectivity index (χ0) is 28.3. The van der Waals surface area contributed by atoms with E-state index in [-0.39, 0.29) is 29.7 Å². The predicted molar refractivity (Wildman–Crippen MR) is 177 cm³/mol. The molecule has 0 unspecified atom stereocenters. The van der Waals surface area contributed by atoms with Gasteiger partial charge in [0.25, 0.3) is 0 Å². The van der Waals surface area contributed by atoms with Gasteiger partial charge in [-0.3, -0.25) is 15.0 Å². The van der Waals surface area contributed by atoms with Crippen LogP contribution in [0.5, 0.6) is 0 Å². The maximum atomic E-state index is 4.31. The molecule has 8 nitrogen and oxygen atoms in total. The summed E-state index contributed by atoms with van der Waals surface area (Å²) in [6.07, 6.45) is 0. The molecule has 4 heterocycles. The van der Waals surface area contributed by atoms with Gasteiger partial charge in [0.15, 0.2) is 0 Å².